The molecule has 1 heterocycles. The van der Waals surface area contributed by atoms with E-state index in [2.05, 4.69) is 29.2 Å². The molecule has 3 aromatic rings. The topological polar surface area (TPSA) is 49.2 Å². The largest absolute Gasteiger partial charge is 0.395 e. The molecule has 1 aliphatic rings. The molecule has 4 nitrogen and oxygen atoms in total. The molecule has 0 spiro atoms. The van der Waals surface area contributed by atoms with Crippen molar-refractivity contribution in [3.05, 3.63) is 66.9 Å². The summed E-state index contributed by atoms with van der Waals surface area (Å²) in [5.74, 6) is 0.843. The minimum absolute atomic E-state index is 0.124. The molecule has 2 aromatic carbocycles. The van der Waals surface area contributed by atoms with Crippen molar-refractivity contribution >= 4 is 5.82 Å². The fraction of sp³-hybridized carbons (Fsp3) is 0.238. The third kappa shape index (κ3) is 3.39. The van der Waals surface area contributed by atoms with E-state index in [9.17, 15) is 5.11 Å². The van der Waals surface area contributed by atoms with Gasteiger partial charge in [-0.25, -0.2) is 4.98 Å². The number of aromatic nitrogens is 2. The molecule has 0 unspecified atom stereocenters. The van der Waals surface area contributed by atoms with Crippen molar-refractivity contribution in [1.29, 1.82) is 0 Å². The molecule has 0 aliphatic heterocycles. The van der Waals surface area contributed by atoms with Crippen LogP contribution < -0.4 is 4.90 Å². The van der Waals surface area contributed by atoms with E-state index < -0.39 is 0 Å². The highest BCUT2D eigenvalue weighted by atomic mass is 16.3. The zero-order chi connectivity index (χ0) is 17.1. The van der Waals surface area contributed by atoms with Gasteiger partial charge < -0.3 is 10.0 Å². The number of nitrogens with zero attached hydrogens (tertiary/aromatic N) is 3. The fourth-order valence-corrected chi connectivity index (χ4v) is 3.10. The van der Waals surface area contributed by atoms with E-state index in [1.165, 1.54) is 0 Å². The second-order valence-electron chi connectivity index (χ2n) is 6.31. The summed E-state index contributed by atoms with van der Waals surface area (Å²) in [6.45, 7) is 0.720. The molecule has 1 N–H and O–H groups in total. The van der Waals surface area contributed by atoms with Gasteiger partial charge in [-0.1, -0.05) is 60.7 Å². The Hall–Kier alpha value is -2.72. The Morgan fingerprint density at radius 2 is 1.48 bits per heavy atom. The quantitative estimate of drug-likeness (QED) is 0.747. The first kappa shape index (κ1) is 15.8. The van der Waals surface area contributed by atoms with Crippen LogP contribution in [0.2, 0.25) is 0 Å². The van der Waals surface area contributed by atoms with E-state index >= 15 is 0 Å². The number of benzene rings is 2. The van der Waals surface area contributed by atoms with E-state index in [0.29, 0.717) is 12.6 Å². The van der Waals surface area contributed by atoms with Gasteiger partial charge in [-0.2, -0.15) is 0 Å². The fourth-order valence-electron chi connectivity index (χ4n) is 3.10. The number of hydrogen-bond acceptors (Lipinski definition) is 4. The van der Waals surface area contributed by atoms with Crippen LogP contribution in [0, 0.1) is 0 Å². The molecule has 0 atom stereocenters. The maximum absolute atomic E-state index is 9.40. The smallest absolute Gasteiger partial charge is 0.148 e. The molecule has 126 valence electrons. The first-order valence-electron chi connectivity index (χ1n) is 8.72. The highest BCUT2D eigenvalue weighted by Gasteiger charge is 2.30. The van der Waals surface area contributed by atoms with Crippen molar-refractivity contribution in [3.63, 3.8) is 0 Å². The van der Waals surface area contributed by atoms with Gasteiger partial charge in [0.05, 0.1) is 24.2 Å². The molecule has 25 heavy (non-hydrogen) atoms. The molecule has 1 saturated carbocycles. The third-order valence-corrected chi connectivity index (χ3v) is 4.48. The van der Waals surface area contributed by atoms with E-state index in [0.717, 1.165) is 41.2 Å². The monoisotopic (exact) mass is 331 g/mol. The van der Waals surface area contributed by atoms with E-state index in [1.807, 2.05) is 42.6 Å². The Balaban J connectivity index is 1.82. The Morgan fingerprint density at radius 1 is 0.880 bits per heavy atom. The summed E-state index contributed by atoms with van der Waals surface area (Å²) >= 11 is 0. The zero-order valence-electron chi connectivity index (χ0n) is 14.0. The van der Waals surface area contributed by atoms with Gasteiger partial charge in [-0.05, 0) is 12.8 Å². The number of anilines is 1. The molecule has 1 fully saturated rings. The summed E-state index contributed by atoms with van der Waals surface area (Å²) in [6, 6.07) is 20.8. The molecule has 0 radical (unpaired) electrons. The lowest BCUT2D eigenvalue weighted by molar-refractivity contribution is 0.301. The number of aliphatic hydroxyl groups excluding tert-OH is 1. The molecule has 4 rings (SSSR count). The van der Waals surface area contributed by atoms with Crippen LogP contribution in [0.5, 0.6) is 0 Å². The van der Waals surface area contributed by atoms with Crippen molar-refractivity contribution in [2.75, 3.05) is 18.1 Å². The third-order valence-electron chi connectivity index (χ3n) is 4.48. The van der Waals surface area contributed by atoms with Crippen LogP contribution in [0.15, 0.2) is 66.9 Å². The Labute approximate surface area is 147 Å². The molecule has 1 aromatic heterocycles. The predicted octanol–water partition coefficient (Wildman–Crippen LogP) is 3.77. The minimum atomic E-state index is 0.124. The molecule has 4 heteroatoms. The van der Waals surface area contributed by atoms with Crippen LogP contribution in [-0.4, -0.2) is 34.3 Å². The van der Waals surface area contributed by atoms with E-state index in [1.54, 1.807) is 0 Å². The van der Waals surface area contributed by atoms with Gasteiger partial charge in [0.2, 0.25) is 0 Å². The summed E-state index contributed by atoms with van der Waals surface area (Å²) in [5.41, 5.74) is 3.87. The summed E-state index contributed by atoms with van der Waals surface area (Å²) in [6.07, 6.45) is 4.15. The van der Waals surface area contributed by atoms with Crippen molar-refractivity contribution < 1.29 is 5.11 Å². The highest BCUT2D eigenvalue weighted by molar-refractivity contribution is 5.78. The van der Waals surface area contributed by atoms with Crippen LogP contribution in [-0.2, 0) is 0 Å². The minimum Gasteiger partial charge on any atom is -0.395 e. The standard InChI is InChI=1S/C21H21N3O/c25-14-13-24(18-11-12-18)19-15-22-20(16-7-3-1-4-8-16)21(23-19)17-9-5-2-6-10-17/h1-10,15,18,25H,11-14H2. The summed E-state index contributed by atoms with van der Waals surface area (Å²) in [4.78, 5) is 11.9. The number of aliphatic hydroxyl groups is 1. The summed E-state index contributed by atoms with van der Waals surface area (Å²) in [5, 5.41) is 9.40. The SMILES string of the molecule is OCCN(c1cnc(-c2ccccc2)c(-c2ccccc2)n1)C1CC1. The summed E-state index contributed by atoms with van der Waals surface area (Å²) in [7, 11) is 0. The Bertz CT molecular complexity index is 832. The van der Waals surface area contributed by atoms with Gasteiger partial charge in [-0.3, -0.25) is 4.98 Å². The number of rotatable bonds is 6. The first-order valence-corrected chi connectivity index (χ1v) is 8.72. The van der Waals surface area contributed by atoms with Crippen molar-refractivity contribution in [2.24, 2.45) is 0 Å². The van der Waals surface area contributed by atoms with Crippen molar-refractivity contribution in [1.82, 2.24) is 9.97 Å². The van der Waals surface area contributed by atoms with Gasteiger partial charge in [0.15, 0.2) is 0 Å². The first-order chi connectivity index (χ1) is 12.4. The lowest BCUT2D eigenvalue weighted by Crippen LogP contribution is -2.30. The molecular weight excluding hydrogens is 310 g/mol. The normalized spacial score (nSPS) is 13.6. The molecule has 0 bridgehead atoms. The van der Waals surface area contributed by atoms with Gasteiger partial charge in [-0.15, -0.1) is 0 Å². The van der Waals surface area contributed by atoms with E-state index in [4.69, 9.17) is 9.97 Å². The Morgan fingerprint density at radius 3 is 2.04 bits per heavy atom. The Kier molecular flexibility index (Phi) is 4.44. The van der Waals surface area contributed by atoms with Gasteiger partial charge in [0.1, 0.15) is 5.82 Å². The maximum atomic E-state index is 9.40. The van der Waals surface area contributed by atoms with Crippen molar-refractivity contribution in [2.45, 2.75) is 18.9 Å². The molecular formula is C21H21N3O. The van der Waals surface area contributed by atoms with Crippen LogP contribution in [0.4, 0.5) is 5.82 Å². The lowest BCUT2D eigenvalue weighted by atomic mass is 10.0. The van der Waals surface area contributed by atoms with Gasteiger partial charge in [0.25, 0.3) is 0 Å². The van der Waals surface area contributed by atoms with Crippen LogP contribution in [0.25, 0.3) is 22.5 Å². The van der Waals surface area contributed by atoms with Gasteiger partial charge >= 0.3 is 0 Å². The predicted molar refractivity (Wildman–Crippen MR) is 100 cm³/mol. The van der Waals surface area contributed by atoms with Crippen LogP contribution in [0.1, 0.15) is 12.8 Å². The lowest BCUT2D eigenvalue weighted by Gasteiger charge is -2.23. The maximum Gasteiger partial charge on any atom is 0.148 e. The van der Waals surface area contributed by atoms with E-state index in [-0.39, 0.29) is 6.61 Å². The summed E-state index contributed by atoms with van der Waals surface area (Å²) < 4.78 is 0. The molecule has 0 amide bonds. The highest BCUT2D eigenvalue weighted by Crippen LogP contribution is 2.34. The van der Waals surface area contributed by atoms with Crippen molar-refractivity contribution in [3.8, 4) is 22.5 Å². The number of hydrogen-bond donors (Lipinski definition) is 1. The second kappa shape index (κ2) is 7.03. The van der Waals surface area contributed by atoms with Gasteiger partial charge in [0, 0.05) is 23.7 Å². The molecule has 0 saturated heterocycles. The average Bonchev–Trinajstić information content (AvgIpc) is 3.52. The van der Waals surface area contributed by atoms with Crippen LogP contribution in [0.3, 0.4) is 0 Å². The average molecular weight is 331 g/mol. The zero-order valence-corrected chi connectivity index (χ0v) is 14.0. The molecule has 1 aliphatic carbocycles. The van der Waals surface area contributed by atoms with Crippen LogP contribution >= 0.6 is 0 Å². The second-order valence-corrected chi connectivity index (χ2v) is 6.31.